The predicted octanol–water partition coefficient (Wildman–Crippen LogP) is 6.08. The zero-order valence-corrected chi connectivity index (χ0v) is 20.8. The van der Waals surface area contributed by atoms with E-state index in [-0.39, 0.29) is 27.8 Å². The summed E-state index contributed by atoms with van der Waals surface area (Å²) < 4.78 is 0. The van der Waals surface area contributed by atoms with Crippen LogP contribution in [0.5, 0.6) is 0 Å². The van der Waals surface area contributed by atoms with Crippen LogP contribution in [0.25, 0.3) is 0 Å². The maximum Gasteiger partial charge on any atom is 0.0634 e. The molecule has 2 heteroatoms. The molecule has 6 atom stereocenters. The minimum Gasteiger partial charge on any atom is -0.396 e. The molecule has 0 amide bonds. The Kier molecular flexibility index (Phi) is 4.67. The van der Waals surface area contributed by atoms with Crippen LogP contribution < -0.4 is 0 Å². The highest BCUT2D eigenvalue weighted by atomic mass is 16.3. The molecule has 0 spiro atoms. The lowest BCUT2D eigenvalue weighted by Crippen LogP contribution is -2.61. The highest BCUT2D eigenvalue weighted by molar-refractivity contribution is 5.52. The Bertz CT molecular complexity index is 902. The van der Waals surface area contributed by atoms with Crippen LogP contribution in [0.2, 0.25) is 0 Å². The summed E-state index contributed by atoms with van der Waals surface area (Å²) in [5, 5.41) is 20.9. The van der Waals surface area contributed by atoms with E-state index in [9.17, 15) is 10.2 Å². The molecular weight excluding hydrogens is 380 g/mol. The minimum atomic E-state index is -0.240. The Balaban J connectivity index is 1.62. The van der Waals surface area contributed by atoms with Gasteiger partial charge >= 0.3 is 0 Å². The van der Waals surface area contributed by atoms with Gasteiger partial charge in [-0.15, -0.1) is 0 Å². The van der Waals surface area contributed by atoms with Crippen molar-refractivity contribution in [2.24, 2.45) is 22.2 Å². The topological polar surface area (TPSA) is 40.5 Å². The number of benzene rings is 1. The van der Waals surface area contributed by atoms with E-state index in [0.29, 0.717) is 17.9 Å². The second-order valence-electron chi connectivity index (χ2n) is 13.5. The number of fused-ring (bicyclic) bond motifs is 7. The predicted molar refractivity (Wildman–Crippen MR) is 127 cm³/mol. The Labute approximate surface area is 189 Å². The number of aliphatic hydroxyl groups excluding tert-OH is 2. The second kappa shape index (κ2) is 6.60. The van der Waals surface area contributed by atoms with Crippen LogP contribution in [0, 0.1) is 22.2 Å². The van der Waals surface area contributed by atoms with Crippen LogP contribution in [0.4, 0.5) is 0 Å². The molecule has 6 unspecified atom stereocenters. The summed E-state index contributed by atoms with van der Waals surface area (Å²) in [5.41, 5.74) is 7.03. The van der Waals surface area contributed by atoms with Crippen molar-refractivity contribution in [3.05, 3.63) is 34.4 Å². The number of aliphatic hydroxyl groups is 2. The Morgan fingerprint density at radius 2 is 1.48 bits per heavy atom. The van der Waals surface area contributed by atoms with E-state index in [4.69, 9.17) is 0 Å². The molecule has 0 aromatic heterocycles. The first-order valence-corrected chi connectivity index (χ1v) is 12.8. The first kappa shape index (κ1) is 22.0. The number of hydrogen-bond acceptors (Lipinski definition) is 2. The molecular formula is C29H44O2. The molecule has 5 rings (SSSR count). The Morgan fingerprint density at radius 1 is 0.839 bits per heavy atom. The zero-order valence-electron chi connectivity index (χ0n) is 20.8. The highest BCUT2D eigenvalue weighted by Gasteiger charge is 2.63. The van der Waals surface area contributed by atoms with Gasteiger partial charge in [0, 0.05) is 12.0 Å². The fourth-order valence-corrected chi connectivity index (χ4v) is 8.73. The number of hydrogen-bond donors (Lipinski definition) is 2. The fourth-order valence-electron chi connectivity index (χ4n) is 8.73. The SMILES string of the molecule is CC1(CO)CCC2(C)CCC3(C)c4ccc5c(c4CCC3(C)C2C1)CCC(O)C5(C)C. The van der Waals surface area contributed by atoms with Crippen LogP contribution in [-0.4, -0.2) is 22.9 Å². The van der Waals surface area contributed by atoms with Crippen LogP contribution >= 0.6 is 0 Å². The van der Waals surface area contributed by atoms with Gasteiger partial charge in [0.05, 0.1) is 6.10 Å². The molecule has 0 bridgehead atoms. The molecule has 0 heterocycles. The van der Waals surface area contributed by atoms with Gasteiger partial charge in [-0.3, -0.25) is 0 Å². The van der Waals surface area contributed by atoms with Crippen molar-refractivity contribution < 1.29 is 10.2 Å². The van der Waals surface area contributed by atoms with Gasteiger partial charge in [-0.05, 0) is 108 Å². The average molecular weight is 425 g/mol. The summed E-state index contributed by atoms with van der Waals surface area (Å²) in [6.45, 7) is 14.8. The van der Waals surface area contributed by atoms with Crippen LogP contribution in [0.15, 0.2) is 12.1 Å². The van der Waals surface area contributed by atoms with Gasteiger partial charge in [-0.2, -0.15) is 0 Å². The molecule has 0 saturated heterocycles. The molecule has 2 nitrogen and oxygen atoms in total. The van der Waals surface area contributed by atoms with Crippen LogP contribution in [0.1, 0.15) is 109 Å². The fraction of sp³-hybridized carbons (Fsp3) is 0.793. The first-order chi connectivity index (χ1) is 14.4. The van der Waals surface area contributed by atoms with Gasteiger partial charge in [0.2, 0.25) is 0 Å². The third-order valence-electron chi connectivity index (χ3n) is 11.6. The Hall–Kier alpha value is -0.860. The van der Waals surface area contributed by atoms with Crippen LogP contribution in [-0.2, 0) is 23.7 Å². The van der Waals surface area contributed by atoms with Gasteiger partial charge in [0.25, 0.3) is 0 Å². The molecule has 1 aromatic carbocycles. The van der Waals surface area contributed by atoms with Crippen molar-refractivity contribution in [3.63, 3.8) is 0 Å². The average Bonchev–Trinajstić information content (AvgIpc) is 2.73. The lowest BCUT2D eigenvalue weighted by atomic mass is 9.37. The van der Waals surface area contributed by atoms with Crippen molar-refractivity contribution in [1.29, 1.82) is 0 Å². The third-order valence-corrected chi connectivity index (χ3v) is 11.6. The number of rotatable bonds is 1. The van der Waals surface area contributed by atoms with E-state index in [2.05, 4.69) is 53.7 Å². The lowest BCUT2D eigenvalue weighted by Gasteiger charge is -2.67. The van der Waals surface area contributed by atoms with E-state index in [0.717, 1.165) is 12.8 Å². The molecule has 4 aliphatic rings. The molecule has 1 aromatic rings. The van der Waals surface area contributed by atoms with Crippen molar-refractivity contribution in [2.75, 3.05) is 6.61 Å². The summed E-state index contributed by atoms with van der Waals surface area (Å²) in [5.74, 6) is 0.673. The van der Waals surface area contributed by atoms with Crippen molar-refractivity contribution >= 4 is 0 Å². The van der Waals surface area contributed by atoms with Gasteiger partial charge in [0.15, 0.2) is 0 Å². The zero-order chi connectivity index (χ0) is 22.4. The lowest BCUT2D eigenvalue weighted by molar-refractivity contribution is -0.137. The quantitative estimate of drug-likeness (QED) is 0.573. The maximum absolute atomic E-state index is 10.7. The molecule has 0 radical (unpaired) electrons. The third kappa shape index (κ3) is 2.76. The molecule has 2 N–H and O–H groups in total. The summed E-state index contributed by atoms with van der Waals surface area (Å²) in [6, 6.07) is 4.84. The van der Waals surface area contributed by atoms with Crippen molar-refractivity contribution in [1.82, 2.24) is 0 Å². The molecule has 2 saturated carbocycles. The van der Waals surface area contributed by atoms with E-state index >= 15 is 0 Å². The monoisotopic (exact) mass is 424 g/mol. The normalized spacial score (nSPS) is 45.8. The van der Waals surface area contributed by atoms with Gasteiger partial charge < -0.3 is 10.2 Å². The van der Waals surface area contributed by atoms with Gasteiger partial charge in [-0.1, -0.05) is 53.7 Å². The smallest absolute Gasteiger partial charge is 0.0634 e. The Morgan fingerprint density at radius 3 is 2.19 bits per heavy atom. The standard InChI is InChI=1S/C29H44O2/c1-25(2)21-8-9-22-20(19(21)7-10-24(25)31)11-12-29(6)23-17-26(3,18-30)13-14-27(23,4)15-16-28(22,29)5/h8-9,23-24,30-31H,7,10-18H2,1-6H3. The van der Waals surface area contributed by atoms with Gasteiger partial charge in [-0.25, -0.2) is 0 Å². The summed E-state index contributed by atoms with van der Waals surface area (Å²) in [4.78, 5) is 0. The maximum atomic E-state index is 10.7. The molecule has 31 heavy (non-hydrogen) atoms. The van der Waals surface area contributed by atoms with E-state index in [1.807, 2.05) is 0 Å². The van der Waals surface area contributed by atoms with Crippen molar-refractivity contribution in [2.45, 2.75) is 116 Å². The van der Waals surface area contributed by atoms with E-state index < -0.39 is 0 Å². The first-order valence-electron chi connectivity index (χ1n) is 12.8. The molecule has 2 fully saturated rings. The van der Waals surface area contributed by atoms with E-state index in [1.165, 1.54) is 50.5 Å². The van der Waals surface area contributed by atoms with Gasteiger partial charge in [0.1, 0.15) is 0 Å². The summed E-state index contributed by atoms with van der Waals surface area (Å²) >= 11 is 0. The van der Waals surface area contributed by atoms with Crippen LogP contribution in [0.3, 0.4) is 0 Å². The minimum absolute atomic E-state index is 0.0850. The largest absolute Gasteiger partial charge is 0.396 e. The second-order valence-corrected chi connectivity index (χ2v) is 13.5. The molecule has 4 aliphatic carbocycles. The molecule has 0 aliphatic heterocycles. The van der Waals surface area contributed by atoms with E-state index in [1.54, 1.807) is 16.7 Å². The molecule has 172 valence electrons. The summed E-state index contributed by atoms with van der Waals surface area (Å²) in [6.07, 6.45) is 10.3. The summed E-state index contributed by atoms with van der Waals surface area (Å²) in [7, 11) is 0. The highest BCUT2D eigenvalue weighted by Crippen LogP contribution is 2.70. The van der Waals surface area contributed by atoms with Crippen molar-refractivity contribution in [3.8, 4) is 0 Å².